The van der Waals surface area contributed by atoms with E-state index in [2.05, 4.69) is 21.2 Å². The molecule has 4 heteroatoms. The van der Waals surface area contributed by atoms with Crippen LogP contribution in [0.4, 0.5) is 10.1 Å². The van der Waals surface area contributed by atoms with E-state index in [1.807, 2.05) is 6.07 Å². The Morgan fingerprint density at radius 3 is 2.78 bits per heavy atom. The number of benzene rings is 1. The highest BCUT2D eigenvalue weighted by atomic mass is 79.9. The quantitative estimate of drug-likeness (QED) is 0.823. The molecule has 18 heavy (non-hydrogen) atoms. The first kappa shape index (κ1) is 12.2. The summed E-state index contributed by atoms with van der Waals surface area (Å²) in [6.45, 7) is 0. The molecule has 1 heterocycles. The summed E-state index contributed by atoms with van der Waals surface area (Å²) >= 11 is 3.63. The highest BCUT2D eigenvalue weighted by molar-refractivity contribution is 9.09. The molecular formula is C14H15BrFNO. The number of aryl methyl sites for hydroxylation is 1. The van der Waals surface area contributed by atoms with Crippen LogP contribution in [0.25, 0.3) is 0 Å². The van der Waals surface area contributed by atoms with Gasteiger partial charge in [0, 0.05) is 22.5 Å². The summed E-state index contributed by atoms with van der Waals surface area (Å²) in [6.07, 6.45) is 4.79. The van der Waals surface area contributed by atoms with E-state index in [0.29, 0.717) is 24.4 Å². The number of nitrogens with one attached hydrogen (secondary N) is 1. The lowest BCUT2D eigenvalue weighted by molar-refractivity contribution is -0.116. The lowest BCUT2D eigenvalue weighted by Crippen LogP contribution is -2.21. The van der Waals surface area contributed by atoms with Crippen LogP contribution >= 0.6 is 15.9 Å². The van der Waals surface area contributed by atoms with Crippen LogP contribution in [0.2, 0.25) is 0 Å². The van der Waals surface area contributed by atoms with E-state index >= 15 is 0 Å². The van der Waals surface area contributed by atoms with Crippen LogP contribution in [0.15, 0.2) is 12.1 Å². The number of amides is 1. The maximum atomic E-state index is 14.1. The van der Waals surface area contributed by atoms with E-state index in [9.17, 15) is 9.18 Å². The summed E-state index contributed by atoms with van der Waals surface area (Å²) < 4.78 is 14.1. The van der Waals surface area contributed by atoms with Crippen LogP contribution in [-0.2, 0) is 11.2 Å². The number of rotatable bonds is 2. The molecule has 1 aliphatic carbocycles. The van der Waals surface area contributed by atoms with E-state index in [4.69, 9.17) is 0 Å². The van der Waals surface area contributed by atoms with E-state index in [-0.39, 0.29) is 16.6 Å². The molecule has 0 radical (unpaired) electrons. The van der Waals surface area contributed by atoms with Crippen molar-refractivity contribution in [3.05, 3.63) is 29.1 Å². The van der Waals surface area contributed by atoms with Gasteiger partial charge in [-0.2, -0.15) is 0 Å². The van der Waals surface area contributed by atoms with Gasteiger partial charge in [0.2, 0.25) is 5.91 Å². The minimum absolute atomic E-state index is 0.0240. The monoisotopic (exact) mass is 311 g/mol. The third kappa shape index (κ3) is 2.07. The molecule has 1 N–H and O–H groups in total. The third-order valence-electron chi connectivity index (χ3n) is 3.98. The average molecular weight is 312 g/mol. The van der Waals surface area contributed by atoms with Gasteiger partial charge in [-0.25, -0.2) is 4.39 Å². The second-order valence-corrected chi connectivity index (χ2v) is 6.16. The van der Waals surface area contributed by atoms with E-state index in [1.165, 1.54) is 25.3 Å². The van der Waals surface area contributed by atoms with Crippen molar-refractivity contribution in [2.45, 2.75) is 36.9 Å². The summed E-state index contributed by atoms with van der Waals surface area (Å²) in [5.74, 6) is 0.310. The van der Waals surface area contributed by atoms with Gasteiger partial charge in [-0.3, -0.25) is 4.79 Å². The van der Waals surface area contributed by atoms with Crippen LogP contribution in [0.3, 0.4) is 0 Å². The molecular weight excluding hydrogens is 297 g/mol. The van der Waals surface area contributed by atoms with Crippen molar-refractivity contribution in [3.63, 3.8) is 0 Å². The predicted molar refractivity (Wildman–Crippen MR) is 72.4 cm³/mol. The molecule has 1 amide bonds. The van der Waals surface area contributed by atoms with Gasteiger partial charge in [0.15, 0.2) is 0 Å². The van der Waals surface area contributed by atoms with Crippen molar-refractivity contribution in [2.24, 2.45) is 5.92 Å². The first-order valence-electron chi connectivity index (χ1n) is 6.41. The fraction of sp³-hybridized carbons (Fsp3) is 0.500. The molecule has 2 aliphatic rings. The largest absolute Gasteiger partial charge is 0.326 e. The first-order chi connectivity index (χ1) is 8.65. The fourth-order valence-corrected chi connectivity index (χ4v) is 3.50. The van der Waals surface area contributed by atoms with Crippen molar-refractivity contribution in [1.29, 1.82) is 0 Å². The molecule has 0 bridgehead atoms. The summed E-state index contributed by atoms with van der Waals surface area (Å²) in [5.41, 5.74) is 2.44. The molecule has 1 aliphatic heterocycles. The zero-order chi connectivity index (χ0) is 12.7. The Morgan fingerprint density at radius 1 is 1.33 bits per heavy atom. The molecule has 3 rings (SSSR count). The highest BCUT2D eigenvalue weighted by Gasteiger charge is 2.29. The number of anilines is 1. The number of carbonyl (C=O) groups is 1. The smallest absolute Gasteiger partial charge is 0.224 e. The van der Waals surface area contributed by atoms with Crippen molar-refractivity contribution >= 4 is 27.5 Å². The number of carbonyl (C=O) groups excluding carboxylic acids is 1. The van der Waals surface area contributed by atoms with Gasteiger partial charge in [0.1, 0.15) is 5.82 Å². The Kier molecular flexibility index (Phi) is 3.14. The Morgan fingerprint density at radius 2 is 2.11 bits per heavy atom. The van der Waals surface area contributed by atoms with Crippen LogP contribution in [0, 0.1) is 11.7 Å². The number of hydrogen-bond acceptors (Lipinski definition) is 1. The molecule has 1 aromatic rings. The van der Waals surface area contributed by atoms with Crippen molar-refractivity contribution < 1.29 is 9.18 Å². The first-order valence-corrected chi connectivity index (χ1v) is 7.33. The molecule has 1 fully saturated rings. The summed E-state index contributed by atoms with van der Waals surface area (Å²) in [6, 6.07) is 3.39. The molecule has 1 atom stereocenters. The van der Waals surface area contributed by atoms with E-state index in [0.717, 1.165) is 11.1 Å². The third-order valence-corrected chi connectivity index (χ3v) is 5.22. The lowest BCUT2D eigenvalue weighted by atomic mass is 9.80. The molecule has 96 valence electrons. The van der Waals surface area contributed by atoms with Crippen LogP contribution < -0.4 is 5.32 Å². The van der Waals surface area contributed by atoms with Gasteiger partial charge < -0.3 is 5.32 Å². The van der Waals surface area contributed by atoms with E-state index in [1.54, 1.807) is 0 Å². The topological polar surface area (TPSA) is 29.1 Å². The van der Waals surface area contributed by atoms with Crippen LogP contribution in [0.1, 0.15) is 41.6 Å². The minimum Gasteiger partial charge on any atom is -0.326 e. The number of halogens is 2. The average Bonchev–Trinajstić information content (AvgIpc) is 2.25. The second-order valence-electron chi connectivity index (χ2n) is 5.17. The van der Waals surface area contributed by atoms with Gasteiger partial charge in [-0.05, 0) is 42.9 Å². The maximum absolute atomic E-state index is 14.1. The Bertz CT molecular complexity index is 499. The summed E-state index contributed by atoms with van der Waals surface area (Å²) in [4.78, 5) is 11.4. The molecule has 2 nitrogen and oxygen atoms in total. The normalized spacial score (nSPS) is 20.9. The molecule has 0 aromatic heterocycles. The van der Waals surface area contributed by atoms with Crippen molar-refractivity contribution in [1.82, 2.24) is 0 Å². The Balaban J connectivity index is 1.93. The number of fused-ring (bicyclic) bond motifs is 1. The molecule has 0 spiro atoms. The van der Waals surface area contributed by atoms with Gasteiger partial charge in [-0.15, -0.1) is 0 Å². The lowest BCUT2D eigenvalue weighted by Gasteiger charge is -2.31. The predicted octanol–water partition coefficient (Wildman–Crippen LogP) is 3.95. The van der Waals surface area contributed by atoms with E-state index < -0.39 is 0 Å². The summed E-state index contributed by atoms with van der Waals surface area (Å²) in [7, 11) is 0. The Hall–Kier alpha value is -0.900. The zero-order valence-electron chi connectivity index (χ0n) is 10.0. The fourth-order valence-electron chi connectivity index (χ4n) is 2.62. The maximum Gasteiger partial charge on any atom is 0.224 e. The zero-order valence-corrected chi connectivity index (χ0v) is 11.6. The molecule has 1 unspecified atom stereocenters. The minimum atomic E-state index is -0.218. The summed E-state index contributed by atoms with van der Waals surface area (Å²) in [5, 5.41) is 2.73. The number of alkyl halides is 1. The standard InChI is InChI=1S/C14H15BrFNO/c15-14(8-2-1-3-8)10-6-9-4-5-13(18)17-12(9)7-11(10)16/h6-8,14H,1-5H2,(H,17,18). The highest BCUT2D eigenvalue weighted by Crippen LogP contribution is 2.44. The van der Waals surface area contributed by atoms with Crippen molar-refractivity contribution in [3.8, 4) is 0 Å². The van der Waals surface area contributed by atoms with Gasteiger partial charge in [-0.1, -0.05) is 22.4 Å². The molecule has 1 saturated carbocycles. The van der Waals surface area contributed by atoms with Gasteiger partial charge in [0.25, 0.3) is 0 Å². The SMILES string of the molecule is O=C1CCc2cc(C(Br)C3CCC3)c(F)cc2N1. The molecule has 1 aromatic carbocycles. The van der Waals surface area contributed by atoms with Crippen molar-refractivity contribution in [2.75, 3.05) is 5.32 Å². The van der Waals surface area contributed by atoms with Crippen LogP contribution in [-0.4, -0.2) is 5.91 Å². The van der Waals surface area contributed by atoms with Gasteiger partial charge >= 0.3 is 0 Å². The Labute approximate surface area is 114 Å². The number of hydrogen-bond donors (Lipinski definition) is 1. The van der Waals surface area contributed by atoms with Crippen LogP contribution in [0.5, 0.6) is 0 Å². The molecule has 0 saturated heterocycles. The van der Waals surface area contributed by atoms with Gasteiger partial charge in [0.05, 0.1) is 0 Å². The second kappa shape index (κ2) is 4.65.